The highest BCUT2D eigenvalue weighted by molar-refractivity contribution is 7.10. The second-order valence-electron chi connectivity index (χ2n) is 8.15. The molecule has 1 aromatic carbocycles. The van der Waals surface area contributed by atoms with E-state index in [0.29, 0.717) is 10.8 Å². The van der Waals surface area contributed by atoms with Gasteiger partial charge in [-0.2, -0.15) is 0 Å². The summed E-state index contributed by atoms with van der Waals surface area (Å²) in [6.07, 6.45) is 7.20. The molecule has 0 aliphatic heterocycles. The van der Waals surface area contributed by atoms with Crippen molar-refractivity contribution in [2.75, 3.05) is 0 Å². The van der Waals surface area contributed by atoms with E-state index in [1.807, 2.05) is 35.7 Å². The fourth-order valence-electron chi connectivity index (χ4n) is 4.20. The van der Waals surface area contributed by atoms with Crippen molar-refractivity contribution in [2.45, 2.75) is 57.2 Å². The number of nitrogens with one attached hydrogen (secondary N) is 1. The summed E-state index contributed by atoms with van der Waals surface area (Å²) in [4.78, 5) is 29.7. The van der Waals surface area contributed by atoms with Gasteiger partial charge in [-0.15, -0.1) is 11.3 Å². The molecule has 0 radical (unpaired) electrons. The number of nitrogens with zero attached hydrogens (tertiary/aromatic N) is 1. The third kappa shape index (κ3) is 5.81. The Morgan fingerprint density at radius 1 is 1.09 bits per heavy atom. The molecule has 0 spiro atoms. The van der Waals surface area contributed by atoms with Crippen LogP contribution in [0.15, 0.2) is 64.6 Å². The molecule has 7 heteroatoms. The molecule has 1 aliphatic rings. The van der Waals surface area contributed by atoms with Crippen LogP contribution in [0.4, 0.5) is 0 Å². The minimum atomic E-state index is -0.772. The topological polar surface area (TPSA) is 62.6 Å². The zero-order chi connectivity index (χ0) is 22.3. The number of hydrogen-bond donors (Lipinski definition) is 1. The van der Waals surface area contributed by atoms with Crippen molar-refractivity contribution < 1.29 is 14.0 Å². The Labute approximate surface area is 197 Å². The Hall–Kier alpha value is -2.57. The van der Waals surface area contributed by atoms with Gasteiger partial charge in [0.15, 0.2) is 0 Å². The van der Waals surface area contributed by atoms with E-state index < -0.39 is 6.04 Å². The quantitative estimate of drug-likeness (QED) is 0.455. The van der Waals surface area contributed by atoms with E-state index >= 15 is 0 Å². The van der Waals surface area contributed by atoms with E-state index in [0.717, 1.165) is 36.1 Å². The Bertz CT molecular complexity index is 997. The Kier molecular flexibility index (Phi) is 7.66. The molecule has 1 aliphatic carbocycles. The number of thiophene rings is 1. The van der Waals surface area contributed by atoms with Gasteiger partial charge in [0.05, 0.1) is 19.2 Å². The molecule has 2 heterocycles. The first-order valence-electron chi connectivity index (χ1n) is 11.0. The van der Waals surface area contributed by atoms with E-state index in [1.54, 1.807) is 29.4 Å². The SMILES string of the molecule is O=C(NC1CCCCC1)[C@@H](c1ccc(Cl)cc1)N(Cc1ccco1)C(=O)Cc1cccs1. The van der Waals surface area contributed by atoms with Crippen LogP contribution in [0.3, 0.4) is 0 Å². The molecule has 2 aromatic heterocycles. The molecule has 4 rings (SSSR count). The van der Waals surface area contributed by atoms with Crippen LogP contribution >= 0.6 is 22.9 Å². The molecule has 32 heavy (non-hydrogen) atoms. The van der Waals surface area contributed by atoms with Crippen LogP contribution in [0.2, 0.25) is 5.02 Å². The molecule has 0 unspecified atom stereocenters. The summed E-state index contributed by atoms with van der Waals surface area (Å²) >= 11 is 7.64. The van der Waals surface area contributed by atoms with Gasteiger partial charge in [-0.3, -0.25) is 9.59 Å². The Morgan fingerprint density at radius 3 is 2.53 bits per heavy atom. The van der Waals surface area contributed by atoms with Gasteiger partial charge in [-0.25, -0.2) is 0 Å². The van der Waals surface area contributed by atoms with Crippen LogP contribution < -0.4 is 5.32 Å². The predicted molar refractivity (Wildman–Crippen MR) is 126 cm³/mol. The van der Waals surface area contributed by atoms with Crippen LogP contribution in [-0.4, -0.2) is 22.8 Å². The molecule has 1 saturated carbocycles. The lowest BCUT2D eigenvalue weighted by molar-refractivity contribution is -0.141. The number of carbonyl (C=O) groups is 2. The first-order chi connectivity index (χ1) is 15.6. The molecule has 0 bridgehead atoms. The molecule has 1 N–H and O–H groups in total. The van der Waals surface area contributed by atoms with Crippen molar-refractivity contribution in [2.24, 2.45) is 0 Å². The molecular formula is C25H27ClN2O3S. The molecule has 1 atom stereocenters. The second kappa shape index (κ2) is 10.8. The molecule has 168 valence electrons. The van der Waals surface area contributed by atoms with Crippen LogP contribution in [0.1, 0.15) is 54.3 Å². The standard InChI is InChI=1S/C25H27ClN2O3S/c26-19-12-10-18(11-13-19)24(25(30)27-20-6-2-1-3-7-20)28(17-21-8-4-14-31-21)23(29)16-22-9-5-15-32-22/h4-5,8-15,20,24H,1-3,6-7,16-17H2,(H,27,30)/t24-/m1/s1. The number of rotatable bonds is 8. The first-order valence-corrected chi connectivity index (χ1v) is 12.3. The molecular weight excluding hydrogens is 444 g/mol. The number of halogens is 1. The third-order valence-corrected chi connectivity index (χ3v) is 6.96. The molecule has 5 nitrogen and oxygen atoms in total. The van der Waals surface area contributed by atoms with E-state index in [1.165, 1.54) is 17.8 Å². The summed E-state index contributed by atoms with van der Waals surface area (Å²) in [6.45, 7) is 0.211. The smallest absolute Gasteiger partial charge is 0.247 e. The number of amides is 2. The minimum Gasteiger partial charge on any atom is -0.467 e. The highest BCUT2D eigenvalue weighted by Gasteiger charge is 2.33. The van der Waals surface area contributed by atoms with E-state index in [2.05, 4.69) is 5.32 Å². The zero-order valence-electron chi connectivity index (χ0n) is 17.8. The summed E-state index contributed by atoms with van der Waals surface area (Å²) in [5, 5.41) is 5.75. The summed E-state index contributed by atoms with van der Waals surface area (Å²) in [5.74, 6) is 0.349. The lowest BCUT2D eigenvalue weighted by atomic mass is 9.94. The normalized spacial score (nSPS) is 15.3. The van der Waals surface area contributed by atoms with Gasteiger partial charge < -0.3 is 14.6 Å². The number of benzene rings is 1. The predicted octanol–water partition coefficient (Wildman–Crippen LogP) is 5.76. The van der Waals surface area contributed by atoms with Gasteiger partial charge in [0.25, 0.3) is 0 Å². The summed E-state index contributed by atoms with van der Waals surface area (Å²) in [7, 11) is 0. The van der Waals surface area contributed by atoms with E-state index in [-0.39, 0.29) is 30.8 Å². The average molecular weight is 471 g/mol. The minimum absolute atomic E-state index is 0.123. The van der Waals surface area contributed by atoms with Gasteiger partial charge in [-0.05, 0) is 54.1 Å². The zero-order valence-corrected chi connectivity index (χ0v) is 19.4. The van der Waals surface area contributed by atoms with Crippen molar-refractivity contribution in [1.29, 1.82) is 0 Å². The van der Waals surface area contributed by atoms with Crippen LogP contribution in [0.5, 0.6) is 0 Å². The lowest BCUT2D eigenvalue weighted by Crippen LogP contribution is -2.47. The van der Waals surface area contributed by atoms with Crippen LogP contribution in [0.25, 0.3) is 0 Å². The van der Waals surface area contributed by atoms with Gasteiger partial charge in [0.1, 0.15) is 11.8 Å². The van der Waals surface area contributed by atoms with Gasteiger partial charge >= 0.3 is 0 Å². The highest BCUT2D eigenvalue weighted by Crippen LogP contribution is 2.28. The first kappa shape index (κ1) is 22.6. The van der Waals surface area contributed by atoms with Crippen molar-refractivity contribution in [3.05, 3.63) is 81.4 Å². The van der Waals surface area contributed by atoms with E-state index in [4.69, 9.17) is 16.0 Å². The second-order valence-corrected chi connectivity index (χ2v) is 9.62. The molecule has 0 saturated heterocycles. The van der Waals surface area contributed by atoms with Crippen LogP contribution in [0, 0.1) is 0 Å². The highest BCUT2D eigenvalue weighted by atomic mass is 35.5. The maximum atomic E-state index is 13.6. The van der Waals surface area contributed by atoms with Gasteiger partial charge in [0, 0.05) is 15.9 Å². The van der Waals surface area contributed by atoms with Crippen LogP contribution in [-0.2, 0) is 22.6 Å². The third-order valence-electron chi connectivity index (χ3n) is 5.83. The van der Waals surface area contributed by atoms with Gasteiger partial charge in [-0.1, -0.05) is 49.1 Å². The number of hydrogen-bond acceptors (Lipinski definition) is 4. The van der Waals surface area contributed by atoms with Crippen molar-refractivity contribution in [3.63, 3.8) is 0 Å². The molecule has 2 amide bonds. The molecule has 1 fully saturated rings. The monoisotopic (exact) mass is 470 g/mol. The fourth-order valence-corrected chi connectivity index (χ4v) is 5.02. The fraction of sp³-hybridized carbons (Fsp3) is 0.360. The summed E-state index contributed by atoms with van der Waals surface area (Å²) in [5.41, 5.74) is 0.730. The summed E-state index contributed by atoms with van der Waals surface area (Å²) in [6, 6.07) is 14.0. The maximum absolute atomic E-state index is 13.6. The maximum Gasteiger partial charge on any atom is 0.247 e. The van der Waals surface area contributed by atoms with E-state index in [9.17, 15) is 9.59 Å². The van der Waals surface area contributed by atoms with Gasteiger partial charge in [0.2, 0.25) is 11.8 Å². The average Bonchev–Trinajstić information content (AvgIpc) is 3.49. The Balaban J connectivity index is 1.66. The van der Waals surface area contributed by atoms with Crippen molar-refractivity contribution in [1.82, 2.24) is 10.2 Å². The molecule has 3 aromatic rings. The summed E-state index contributed by atoms with van der Waals surface area (Å²) < 4.78 is 5.54. The van der Waals surface area contributed by atoms with Crippen molar-refractivity contribution in [3.8, 4) is 0 Å². The lowest BCUT2D eigenvalue weighted by Gasteiger charge is -2.33. The number of carbonyl (C=O) groups excluding carboxylic acids is 2. The van der Waals surface area contributed by atoms with Crippen molar-refractivity contribution >= 4 is 34.8 Å². The number of furan rings is 1. The largest absolute Gasteiger partial charge is 0.467 e. The Morgan fingerprint density at radius 2 is 1.88 bits per heavy atom.